The largest absolute Gasteiger partial charge is 0.387 e. The van der Waals surface area contributed by atoms with Gasteiger partial charge in [-0.1, -0.05) is 22.0 Å². The Hall–Kier alpha value is -0.880. The third kappa shape index (κ3) is 2.76. The minimum Gasteiger partial charge on any atom is -0.387 e. The predicted octanol–water partition coefficient (Wildman–Crippen LogP) is 3.57. The number of alkyl halides is 2. The van der Waals surface area contributed by atoms with E-state index in [1.807, 2.05) is 0 Å². The van der Waals surface area contributed by atoms with Gasteiger partial charge >= 0.3 is 5.66 Å². The molecule has 0 fully saturated rings. The minimum absolute atomic E-state index is 0.0361. The van der Waals surface area contributed by atoms with Gasteiger partial charge in [0.25, 0.3) is 8.03 Å². The molecule has 0 spiro atoms. The molecule has 0 saturated heterocycles. The smallest absolute Gasteiger partial charge is 0.345 e. The molecule has 2 atom stereocenters. The van der Waals surface area contributed by atoms with Crippen LogP contribution in [0.25, 0.3) is 10.9 Å². The zero-order valence-electron chi connectivity index (χ0n) is 10.3. The topological polar surface area (TPSA) is 70.4 Å². The molecule has 0 amide bonds. The fraction of sp³-hybridized carbons (Fsp3) is 0.250. The molecule has 2 unspecified atom stereocenters. The van der Waals surface area contributed by atoms with Crippen molar-refractivity contribution in [3.8, 4) is 0 Å². The van der Waals surface area contributed by atoms with Gasteiger partial charge in [-0.25, -0.2) is 0 Å². The van der Waals surface area contributed by atoms with Crippen molar-refractivity contribution in [2.24, 2.45) is 0 Å². The predicted molar refractivity (Wildman–Crippen MR) is 75.2 cm³/mol. The molecule has 0 bridgehead atoms. The van der Waals surface area contributed by atoms with Gasteiger partial charge in [-0.2, -0.15) is 8.78 Å². The Morgan fingerprint density at radius 1 is 1.40 bits per heavy atom. The van der Waals surface area contributed by atoms with Gasteiger partial charge in [0.1, 0.15) is 0 Å². The van der Waals surface area contributed by atoms with E-state index in [2.05, 4.69) is 20.9 Å². The third-order valence-corrected chi connectivity index (χ3v) is 4.30. The number of aliphatic hydroxyl groups is 1. The van der Waals surface area contributed by atoms with Crippen molar-refractivity contribution in [3.05, 3.63) is 40.0 Å². The van der Waals surface area contributed by atoms with E-state index in [0.29, 0.717) is 11.1 Å². The summed E-state index contributed by atoms with van der Waals surface area (Å²) in [6.07, 6.45) is -0.830. The summed E-state index contributed by atoms with van der Waals surface area (Å²) >= 11 is 2.98. The van der Waals surface area contributed by atoms with Crippen molar-refractivity contribution >= 4 is 34.9 Å². The first kappa shape index (κ1) is 15.5. The summed E-state index contributed by atoms with van der Waals surface area (Å²) in [5.74, 6) is 0. The summed E-state index contributed by atoms with van der Waals surface area (Å²) in [5, 5.41) is 10.0. The fourth-order valence-electron chi connectivity index (χ4n) is 1.75. The van der Waals surface area contributed by atoms with E-state index in [1.165, 1.54) is 13.0 Å². The maximum atomic E-state index is 13.7. The van der Waals surface area contributed by atoms with Crippen LogP contribution in [0, 0.1) is 0 Å². The first-order chi connectivity index (χ1) is 9.23. The molecule has 1 aromatic heterocycles. The number of aromatic nitrogens is 1. The number of halogens is 3. The van der Waals surface area contributed by atoms with Gasteiger partial charge in [0.05, 0.1) is 17.3 Å². The molecule has 1 aromatic carbocycles. The molecule has 8 heteroatoms. The van der Waals surface area contributed by atoms with Crippen LogP contribution in [0.4, 0.5) is 8.78 Å². The number of aliphatic hydroxyl groups excluding tert-OH is 1. The first-order valence-corrected chi connectivity index (χ1v) is 7.78. The van der Waals surface area contributed by atoms with E-state index in [0.717, 1.165) is 6.07 Å². The van der Waals surface area contributed by atoms with Crippen LogP contribution in [0.2, 0.25) is 0 Å². The Morgan fingerprint density at radius 3 is 2.60 bits per heavy atom. The molecular weight excluding hydrogens is 355 g/mol. The van der Waals surface area contributed by atoms with Crippen LogP contribution < -0.4 is 0 Å². The fourth-order valence-corrected chi connectivity index (χ4v) is 2.98. The highest BCUT2D eigenvalue weighted by Crippen LogP contribution is 2.50. The van der Waals surface area contributed by atoms with E-state index >= 15 is 0 Å². The molecule has 0 radical (unpaired) electrons. The SMILES string of the molecule is CC(O)c1ccc2cc(Br)c(C(F)(F)[PH](=O)O)cc2n1. The molecule has 2 N–H and O–H groups in total. The van der Waals surface area contributed by atoms with Gasteiger partial charge in [-0.05, 0) is 25.1 Å². The van der Waals surface area contributed by atoms with Crippen LogP contribution in [0.1, 0.15) is 24.3 Å². The lowest BCUT2D eigenvalue weighted by Gasteiger charge is -2.16. The van der Waals surface area contributed by atoms with Crippen molar-refractivity contribution in [2.45, 2.75) is 18.7 Å². The van der Waals surface area contributed by atoms with Crippen molar-refractivity contribution in [1.82, 2.24) is 4.98 Å². The number of hydrogen-bond acceptors (Lipinski definition) is 3. The summed E-state index contributed by atoms with van der Waals surface area (Å²) in [5.41, 5.74) is -3.86. The molecular formula is C12H11BrF2NO3P. The Balaban J connectivity index is 2.68. The molecule has 20 heavy (non-hydrogen) atoms. The normalized spacial score (nSPS) is 15.3. The third-order valence-electron chi connectivity index (χ3n) is 2.83. The lowest BCUT2D eigenvalue weighted by atomic mass is 10.1. The standard InChI is InChI=1S/C12H11BrF2NO3P/c1-6(17)10-3-2-7-4-9(13)8(5-11(7)16-10)12(14,15)20(18)19/h2-6,17,20H,1H3,(H,18,19). The Morgan fingerprint density at radius 2 is 2.05 bits per heavy atom. The molecule has 108 valence electrons. The van der Waals surface area contributed by atoms with Crippen LogP contribution in [-0.2, 0) is 10.2 Å². The summed E-state index contributed by atoms with van der Waals surface area (Å²) in [6, 6.07) is 5.69. The van der Waals surface area contributed by atoms with E-state index < -0.39 is 25.4 Å². The molecule has 4 nitrogen and oxygen atoms in total. The first-order valence-electron chi connectivity index (χ1n) is 5.63. The minimum atomic E-state index is -4.07. The molecule has 0 saturated carbocycles. The van der Waals surface area contributed by atoms with E-state index in [-0.39, 0.29) is 9.99 Å². The molecule has 0 aliphatic heterocycles. The van der Waals surface area contributed by atoms with Crippen LogP contribution in [-0.4, -0.2) is 15.0 Å². The number of nitrogens with zero attached hydrogens (tertiary/aromatic N) is 1. The van der Waals surface area contributed by atoms with Gasteiger partial charge < -0.3 is 10.00 Å². The second kappa shape index (κ2) is 5.48. The summed E-state index contributed by atoms with van der Waals surface area (Å²) in [7, 11) is -4.07. The molecule has 2 aromatic rings. The highest BCUT2D eigenvalue weighted by molar-refractivity contribution is 9.10. The highest BCUT2D eigenvalue weighted by atomic mass is 79.9. The van der Waals surface area contributed by atoms with E-state index in [9.17, 15) is 18.5 Å². The number of rotatable bonds is 3. The average molecular weight is 366 g/mol. The van der Waals surface area contributed by atoms with Crippen LogP contribution in [0.15, 0.2) is 28.7 Å². The van der Waals surface area contributed by atoms with E-state index in [4.69, 9.17) is 4.89 Å². The maximum absolute atomic E-state index is 13.7. The van der Waals surface area contributed by atoms with Crippen molar-refractivity contribution < 1.29 is 23.3 Å². The number of pyridine rings is 1. The second-order valence-corrected chi connectivity index (χ2v) is 6.41. The van der Waals surface area contributed by atoms with E-state index in [1.54, 1.807) is 12.1 Å². The summed E-state index contributed by atoms with van der Waals surface area (Å²) < 4.78 is 38.3. The number of fused-ring (bicyclic) bond motifs is 1. The van der Waals surface area contributed by atoms with Crippen molar-refractivity contribution in [3.63, 3.8) is 0 Å². The molecule has 0 aliphatic carbocycles. The van der Waals surface area contributed by atoms with Crippen molar-refractivity contribution in [2.75, 3.05) is 0 Å². The monoisotopic (exact) mass is 365 g/mol. The zero-order chi connectivity index (χ0) is 15.1. The Kier molecular flexibility index (Phi) is 4.25. The average Bonchev–Trinajstić information content (AvgIpc) is 2.36. The maximum Gasteiger partial charge on any atom is 0.345 e. The second-order valence-electron chi connectivity index (χ2n) is 4.32. The molecule has 1 heterocycles. The van der Waals surface area contributed by atoms with Gasteiger partial charge in [0.15, 0.2) is 0 Å². The summed E-state index contributed by atoms with van der Waals surface area (Å²) in [4.78, 5) is 12.9. The van der Waals surface area contributed by atoms with Gasteiger partial charge in [0, 0.05) is 15.4 Å². The number of hydrogen-bond donors (Lipinski definition) is 2. The highest BCUT2D eigenvalue weighted by Gasteiger charge is 2.40. The van der Waals surface area contributed by atoms with Crippen molar-refractivity contribution in [1.29, 1.82) is 0 Å². The van der Waals surface area contributed by atoms with Crippen LogP contribution in [0.5, 0.6) is 0 Å². The van der Waals surface area contributed by atoms with Gasteiger partial charge in [0.2, 0.25) is 0 Å². The Labute approximate surface area is 122 Å². The Bertz CT molecular complexity index is 694. The number of benzene rings is 1. The molecule has 0 aliphatic rings. The lowest BCUT2D eigenvalue weighted by Crippen LogP contribution is -2.09. The quantitative estimate of drug-likeness (QED) is 0.815. The lowest BCUT2D eigenvalue weighted by molar-refractivity contribution is 0.0808. The van der Waals surface area contributed by atoms with Crippen LogP contribution in [0.3, 0.4) is 0 Å². The molecule has 2 rings (SSSR count). The van der Waals surface area contributed by atoms with Crippen LogP contribution >= 0.6 is 24.0 Å². The van der Waals surface area contributed by atoms with Gasteiger partial charge in [-0.3, -0.25) is 9.55 Å². The summed E-state index contributed by atoms with van der Waals surface area (Å²) in [6.45, 7) is 1.51. The zero-order valence-corrected chi connectivity index (χ0v) is 12.9. The van der Waals surface area contributed by atoms with Gasteiger partial charge in [-0.15, -0.1) is 0 Å².